The van der Waals surface area contributed by atoms with Crippen LogP contribution in [0.5, 0.6) is 11.6 Å². The van der Waals surface area contributed by atoms with Crippen LogP contribution in [0.4, 0.5) is 0 Å². The summed E-state index contributed by atoms with van der Waals surface area (Å²) in [4.78, 5) is 22.8. The minimum Gasteiger partial charge on any atom is -0.437 e. The van der Waals surface area contributed by atoms with Gasteiger partial charge in [0.2, 0.25) is 5.88 Å². The first kappa shape index (κ1) is 16.4. The second kappa shape index (κ2) is 7.40. The maximum Gasteiger partial charge on any atom is 0.254 e. The molecule has 2 heterocycles. The van der Waals surface area contributed by atoms with Gasteiger partial charge in [0.05, 0.1) is 6.20 Å². The smallest absolute Gasteiger partial charge is 0.254 e. The number of aromatic nitrogens is 2. The average molecular weight is 326 g/mol. The van der Waals surface area contributed by atoms with Gasteiger partial charge in [0.15, 0.2) is 0 Å². The van der Waals surface area contributed by atoms with Gasteiger partial charge in [0.25, 0.3) is 5.91 Å². The van der Waals surface area contributed by atoms with E-state index in [9.17, 15) is 4.79 Å². The molecule has 1 aliphatic heterocycles. The number of ether oxygens (including phenoxy) is 1. The number of rotatable bonds is 4. The molecule has 1 saturated heterocycles. The molecule has 1 aromatic heterocycles. The standard InChI is InChI=1S/C18H22N4O2/c1-13(19)16-7-2-3-10-22(16)18(23)14-5-4-6-15(11-14)24-17-12-20-8-9-21-17/h4-6,8-9,11-13,16H,2-3,7,10,19H2,1H3/t13-,16+/m0/s1. The third-order valence-electron chi connectivity index (χ3n) is 4.26. The molecular weight excluding hydrogens is 304 g/mol. The lowest BCUT2D eigenvalue weighted by Crippen LogP contribution is -2.51. The van der Waals surface area contributed by atoms with Gasteiger partial charge in [-0.25, -0.2) is 4.98 Å². The van der Waals surface area contributed by atoms with Gasteiger partial charge in [-0.05, 0) is 44.4 Å². The molecule has 1 aromatic carbocycles. The summed E-state index contributed by atoms with van der Waals surface area (Å²) in [6, 6.07) is 7.21. The number of likely N-dealkylation sites (tertiary alicyclic amines) is 1. The molecule has 0 aliphatic carbocycles. The minimum atomic E-state index is -0.0340. The van der Waals surface area contributed by atoms with E-state index in [1.807, 2.05) is 17.9 Å². The second-order valence-electron chi connectivity index (χ2n) is 6.09. The predicted molar refractivity (Wildman–Crippen MR) is 90.9 cm³/mol. The van der Waals surface area contributed by atoms with E-state index in [0.717, 1.165) is 25.8 Å². The van der Waals surface area contributed by atoms with Crippen LogP contribution < -0.4 is 10.5 Å². The number of amides is 1. The fraction of sp³-hybridized carbons (Fsp3) is 0.389. The molecule has 2 N–H and O–H groups in total. The van der Waals surface area contributed by atoms with Crippen LogP contribution in [0.25, 0.3) is 0 Å². The molecule has 1 fully saturated rings. The van der Waals surface area contributed by atoms with E-state index in [0.29, 0.717) is 17.2 Å². The normalized spacial score (nSPS) is 18.9. The zero-order chi connectivity index (χ0) is 16.9. The molecular formula is C18H22N4O2. The maximum absolute atomic E-state index is 12.9. The Bertz CT molecular complexity index is 690. The Morgan fingerprint density at radius 2 is 2.25 bits per heavy atom. The van der Waals surface area contributed by atoms with E-state index >= 15 is 0 Å². The molecule has 6 heteroatoms. The highest BCUT2D eigenvalue weighted by Gasteiger charge is 2.29. The topological polar surface area (TPSA) is 81.3 Å². The Morgan fingerprint density at radius 3 is 3.00 bits per heavy atom. The lowest BCUT2D eigenvalue weighted by molar-refractivity contribution is 0.0583. The lowest BCUT2D eigenvalue weighted by Gasteiger charge is -2.38. The number of hydrogen-bond acceptors (Lipinski definition) is 5. The van der Waals surface area contributed by atoms with Crippen molar-refractivity contribution in [2.45, 2.75) is 38.3 Å². The molecule has 24 heavy (non-hydrogen) atoms. The molecule has 0 saturated carbocycles. The van der Waals surface area contributed by atoms with Crippen molar-refractivity contribution in [3.8, 4) is 11.6 Å². The highest BCUT2D eigenvalue weighted by Crippen LogP contribution is 2.24. The zero-order valence-electron chi connectivity index (χ0n) is 13.8. The second-order valence-corrected chi connectivity index (χ2v) is 6.09. The summed E-state index contributed by atoms with van der Waals surface area (Å²) in [5.41, 5.74) is 6.67. The Labute approximate surface area is 141 Å². The first-order valence-corrected chi connectivity index (χ1v) is 8.25. The average Bonchev–Trinajstić information content (AvgIpc) is 2.62. The number of nitrogens with zero attached hydrogens (tertiary/aromatic N) is 3. The van der Waals surface area contributed by atoms with E-state index in [1.54, 1.807) is 30.6 Å². The van der Waals surface area contributed by atoms with Crippen molar-refractivity contribution in [1.29, 1.82) is 0 Å². The van der Waals surface area contributed by atoms with Gasteiger partial charge in [0.1, 0.15) is 5.75 Å². The van der Waals surface area contributed by atoms with E-state index in [4.69, 9.17) is 10.5 Å². The summed E-state index contributed by atoms with van der Waals surface area (Å²) in [6.07, 6.45) is 7.77. The number of benzene rings is 1. The summed E-state index contributed by atoms with van der Waals surface area (Å²) in [7, 11) is 0. The van der Waals surface area contributed by atoms with Crippen molar-refractivity contribution in [3.63, 3.8) is 0 Å². The quantitative estimate of drug-likeness (QED) is 0.934. The van der Waals surface area contributed by atoms with Gasteiger partial charge in [0, 0.05) is 36.6 Å². The Hall–Kier alpha value is -2.47. The fourth-order valence-electron chi connectivity index (χ4n) is 3.07. The fourth-order valence-corrected chi connectivity index (χ4v) is 3.07. The van der Waals surface area contributed by atoms with Crippen molar-refractivity contribution in [2.24, 2.45) is 5.73 Å². The van der Waals surface area contributed by atoms with Gasteiger partial charge in [-0.1, -0.05) is 6.07 Å². The predicted octanol–water partition coefficient (Wildman–Crippen LogP) is 2.61. The van der Waals surface area contributed by atoms with Crippen LogP contribution in [-0.4, -0.2) is 39.4 Å². The van der Waals surface area contributed by atoms with E-state index in [-0.39, 0.29) is 18.0 Å². The monoisotopic (exact) mass is 326 g/mol. The number of carbonyl (C=O) groups is 1. The van der Waals surface area contributed by atoms with Crippen LogP contribution in [0, 0.1) is 0 Å². The van der Waals surface area contributed by atoms with Crippen LogP contribution in [0.1, 0.15) is 36.5 Å². The first-order chi connectivity index (χ1) is 11.6. The van der Waals surface area contributed by atoms with Crippen molar-refractivity contribution < 1.29 is 9.53 Å². The lowest BCUT2D eigenvalue weighted by atomic mass is 9.96. The molecule has 6 nitrogen and oxygen atoms in total. The van der Waals surface area contributed by atoms with Gasteiger partial charge >= 0.3 is 0 Å². The number of carbonyl (C=O) groups excluding carboxylic acids is 1. The van der Waals surface area contributed by atoms with E-state index in [2.05, 4.69) is 9.97 Å². The van der Waals surface area contributed by atoms with E-state index in [1.165, 1.54) is 6.20 Å². The molecule has 2 atom stereocenters. The molecule has 0 radical (unpaired) electrons. The van der Waals surface area contributed by atoms with Crippen molar-refractivity contribution in [1.82, 2.24) is 14.9 Å². The highest BCUT2D eigenvalue weighted by molar-refractivity contribution is 5.95. The molecule has 126 valence electrons. The molecule has 1 aliphatic rings. The molecule has 0 bridgehead atoms. The molecule has 0 spiro atoms. The molecule has 3 rings (SSSR count). The number of piperidine rings is 1. The number of nitrogens with two attached hydrogens (primary N) is 1. The zero-order valence-corrected chi connectivity index (χ0v) is 13.8. The van der Waals surface area contributed by atoms with Crippen LogP contribution in [0.15, 0.2) is 42.9 Å². The van der Waals surface area contributed by atoms with Gasteiger partial charge in [-0.15, -0.1) is 0 Å². The van der Waals surface area contributed by atoms with E-state index < -0.39 is 0 Å². The Balaban J connectivity index is 1.78. The highest BCUT2D eigenvalue weighted by atomic mass is 16.5. The minimum absolute atomic E-state index is 0.00148. The van der Waals surface area contributed by atoms with Crippen LogP contribution in [0.2, 0.25) is 0 Å². The Morgan fingerprint density at radius 1 is 1.38 bits per heavy atom. The SMILES string of the molecule is C[C@H](N)[C@H]1CCCCN1C(=O)c1cccc(Oc2cnccn2)c1. The molecule has 1 amide bonds. The van der Waals surface area contributed by atoms with Gasteiger partial charge < -0.3 is 15.4 Å². The van der Waals surface area contributed by atoms with Gasteiger partial charge in [-0.3, -0.25) is 9.78 Å². The van der Waals surface area contributed by atoms with Crippen LogP contribution in [-0.2, 0) is 0 Å². The Kier molecular flexibility index (Phi) is 5.05. The van der Waals surface area contributed by atoms with Crippen LogP contribution in [0.3, 0.4) is 0 Å². The summed E-state index contributed by atoms with van der Waals surface area (Å²) in [5.74, 6) is 0.964. The maximum atomic E-state index is 12.9. The summed E-state index contributed by atoms with van der Waals surface area (Å²) >= 11 is 0. The largest absolute Gasteiger partial charge is 0.437 e. The first-order valence-electron chi connectivity index (χ1n) is 8.25. The van der Waals surface area contributed by atoms with Crippen molar-refractivity contribution in [2.75, 3.05) is 6.54 Å². The van der Waals surface area contributed by atoms with Crippen molar-refractivity contribution >= 4 is 5.91 Å². The summed E-state index contributed by atoms with van der Waals surface area (Å²) in [6.45, 7) is 2.71. The molecule has 2 aromatic rings. The van der Waals surface area contributed by atoms with Crippen LogP contribution >= 0.6 is 0 Å². The number of hydrogen-bond donors (Lipinski definition) is 1. The third-order valence-corrected chi connectivity index (χ3v) is 4.26. The third kappa shape index (κ3) is 3.71. The van der Waals surface area contributed by atoms with Gasteiger partial charge in [-0.2, -0.15) is 0 Å². The summed E-state index contributed by atoms with van der Waals surface area (Å²) < 4.78 is 5.66. The molecule has 0 unspecified atom stereocenters. The van der Waals surface area contributed by atoms with Crippen molar-refractivity contribution in [3.05, 3.63) is 48.4 Å². The summed E-state index contributed by atoms with van der Waals surface area (Å²) in [5, 5.41) is 0.